The molecule has 22 heavy (non-hydrogen) atoms. The van der Waals surface area contributed by atoms with Crippen molar-refractivity contribution in [2.24, 2.45) is 11.8 Å². The molecule has 1 heterocycles. The van der Waals surface area contributed by atoms with Gasteiger partial charge < -0.3 is 10.0 Å². The molecule has 2 aliphatic rings. The monoisotopic (exact) mass is 301 g/mol. The Bertz CT molecular complexity index is 561. The predicted molar refractivity (Wildman–Crippen MR) is 83.5 cm³/mol. The zero-order valence-electron chi connectivity index (χ0n) is 12.8. The van der Waals surface area contributed by atoms with E-state index >= 15 is 0 Å². The summed E-state index contributed by atoms with van der Waals surface area (Å²) in [5, 5.41) is 9.01. The Morgan fingerprint density at radius 1 is 1.09 bits per heavy atom. The van der Waals surface area contributed by atoms with Crippen molar-refractivity contribution in [3.05, 3.63) is 35.4 Å². The molecule has 1 aliphatic carbocycles. The third kappa shape index (κ3) is 3.32. The summed E-state index contributed by atoms with van der Waals surface area (Å²) in [5.41, 5.74) is 2.81. The maximum absolute atomic E-state index is 12.4. The van der Waals surface area contributed by atoms with E-state index in [0.717, 1.165) is 19.3 Å². The van der Waals surface area contributed by atoms with Gasteiger partial charge in [0, 0.05) is 19.5 Å². The average Bonchev–Trinajstić information content (AvgIpc) is 2.55. The quantitative estimate of drug-likeness (QED) is 0.933. The maximum Gasteiger partial charge on any atom is 0.306 e. The van der Waals surface area contributed by atoms with Crippen LogP contribution in [-0.4, -0.2) is 35.0 Å². The highest BCUT2D eigenvalue weighted by molar-refractivity contribution is 5.77. The van der Waals surface area contributed by atoms with Crippen LogP contribution in [0.4, 0.5) is 0 Å². The fourth-order valence-corrected chi connectivity index (χ4v) is 3.70. The SMILES string of the molecule is O=C(O)C1CCN(C(=O)C[C@H]2CCc3ccccc3C2)CC1. The number of rotatable bonds is 3. The highest BCUT2D eigenvalue weighted by atomic mass is 16.4. The van der Waals surface area contributed by atoms with Gasteiger partial charge in [-0.3, -0.25) is 9.59 Å². The molecule has 0 saturated carbocycles. The molecule has 0 spiro atoms. The summed E-state index contributed by atoms with van der Waals surface area (Å²) in [4.78, 5) is 25.3. The summed E-state index contributed by atoms with van der Waals surface area (Å²) in [6.45, 7) is 1.19. The Labute approximate surface area is 131 Å². The number of carboxylic acid groups (broad SMARTS) is 1. The van der Waals surface area contributed by atoms with Crippen LogP contribution in [-0.2, 0) is 22.4 Å². The van der Waals surface area contributed by atoms with E-state index in [1.807, 2.05) is 4.90 Å². The normalized spacial score (nSPS) is 22.2. The number of fused-ring (bicyclic) bond motifs is 1. The van der Waals surface area contributed by atoms with Crippen molar-refractivity contribution >= 4 is 11.9 Å². The molecule has 1 saturated heterocycles. The first-order chi connectivity index (χ1) is 10.6. The Balaban J connectivity index is 1.52. The van der Waals surface area contributed by atoms with Crippen LogP contribution in [0.3, 0.4) is 0 Å². The molecule has 1 aliphatic heterocycles. The van der Waals surface area contributed by atoms with Crippen LogP contribution in [0.5, 0.6) is 0 Å². The van der Waals surface area contributed by atoms with Gasteiger partial charge >= 0.3 is 5.97 Å². The van der Waals surface area contributed by atoms with Crippen molar-refractivity contribution < 1.29 is 14.7 Å². The number of nitrogens with zero attached hydrogens (tertiary/aromatic N) is 1. The molecule has 1 atom stereocenters. The molecule has 1 amide bonds. The number of benzene rings is 1. The van der Waals surface area contributed by atoms with Crippen molar-refractivity contribution in [2.45, 2.75) is 38.5 Å². The van der Waals surface area contributed by atoms with Gasteiger partial charge in [-0.25, -0.2) is 0 Å². The summed E-state index contributed by atoms with van der Waals surface area (Å²) in [6, 6.07) is 8.50. The van der Waals surface area contributed by atoms with Gasteiger partial charge in [0.1, 0.15) is 0 Å². The van der Waals surface area contributed by atoms with Crippen LogP contribution in [0.15, 0.2) is 24.3 Å². The summed E-state index contributed by atoms with van der Waals surface area (Å²) >= 11 is 0. The van der Waals surface area contributed by atoms with E-state index in [9.17, 15) is 9.59 Å². The molecule has 1 fully saturated rings. The molecule has 0 aromatic heterocycles. The molecule has 118 valence electrons. The molecule has 4 nitrogen and oxygen atoms in total. The van der Waals surface area contributed by atoms with Crippen LogP contribution in [0, 0.1) is 11.8 Å². The third-order valence-corrected chi connectivity index (χ3v) is 5.11. The van der Waals surface area contributed by atoms with Gasteiger partial charge in [-0.05, 0) is 49.1 Å². The van der Waals surface area contributed by atoms with Gasteiger partial charge in [0.2, 0.25) is 5.91 Å². The van der Waals surface area contributed by atoms with E-state index < -0.39 is 5.97 Å². The van der Waals surface area contributed by atoms with Crippen molar-refractivity contribution in [3.8, 4) is 0 Å². The van der Waals surface area contributed by atoms with E-state index in [-0.39, 0.29) is 11.8 Å². The number of carbonyl (C=O) groups excluding carboxylic acids is 1. The highest BCUT2D eigenvalue weighted by Crippen LogP contribution is 2.28. The minimum Gasteiger partial charge on any atom is -0.481 e. The van der Waals surface area contributed by atoms with Crippen LogP contribution in [0.25, 0.3) is 0 Å². The molecule has 1 N–H and O–H groups in total. The first-order valence-electron chi connectivity index (χ1n) is 8.21. The van der Waals surface area contributed by atoms with Gasteiger partial charge in [-0.2, -0.15) is 0 Å². The minimum atomic E-state index is -0.726. The standard InChI is InChI=1S/C18H23NO3/c20-17(19-9-7-15(8-10-19)18(21)22)12-13-5-6-14-3-1-2-4-16(14)11-13/h1-4,13,15H,5-12H2,(H,21,22)/t13-/m0/s1. The second-order valence-corrected chi connectivity index (χ2v) is 6.57. The van der Waals surface area contributed by atoms with Gasteiger partial charge in [0.25, 0.3) is 0 Å². The summed E-state index contributed by atoms with van der Waals surface area (Å²) in [5.74, 6) is -0.366. The van der Waals surface area contributed by atoms with Crippen molar-refractivity contribution in [1.29, 1.82) is 0 Å². The number of piperidine rings is 1. The zero-order valence-corrected chi connectivity index (χ0v) is 12.8. The Morgan fingerprint density at radius 3 is 2.45 bits per heavy atom. The number of aryl methyl sites for hydroxylation is 1. The fourth-order valence-electron chi connectivity index (χ4n) is 3.70. The van der Waals surface area contributed by atoms with Gasteiger partial charge in [-0.15, -0.1) is 0 Å². The van der Waals surface area contributed by atoms with Gasteiger partial charge in [0.05, 0.1) is 5.92 Å². The van der Waals surface area contributed by atoms with E-state index in [0.29, 0.717) is 38.3 Å². The topological polar surface area (TPSA) is 57.6 Å². The third-order valence-electron chi connectivity index (χ3n) is 5.11. The summed E-state index contributed by atoms with van der Waals surface area (Å²) in [6.07, 6.45) is 4.92. The molecule has 0 radical (unpaired) electrons. The molecule has 1 aromatic rings. The molecule has 3 rings (SSSR count). The number of likely N-dealkylation sites (tertiary alicyclic amines) is 1. The van der Waals surface area contributed by atoms with Crippen molar-refractivity contribution in [1.82, 2.24) is 4.90 Å². The number of hydrogen-bond donors (Lipinski definition) is 1. The smallest absolute Gasteiger partial charge is 0.306 e. The van der Waals surface area contributed by atoms with Crippen LogP contribution >= 0.6 is 0 Å². The first-order valence-corrected chi connectivity index (χ1v) is 8.21. The van der Waals surface area contributed by atoms with Gasteiger partial charge in [0.15, 0.2) is 0 Å². The van der Waals surface area contributed by atoms with Crippen LogP contribution in [0.2, 0.25) is 0 Å². The molecule has 4 heteroatoms. The number of carboxylic acids is 1. The molecule has 1 aromatic carbocycles. The Hall–Kier alpha value is -1.84. The number of aliphatic carboxylic acids is 1. The molecule has 0 unspecified atom stereocenters. The lowest BCUT2D eigenvalue weighted by atomic mass is 9.82. The lowest BCUT2D eigenvalue weighted by Crippen LogP contribution is -2.41. The molecule has 0 bridgehead atoms. The average molecular weight is 301 g/mol. The van der Waals surface area contributed by atoms with E-state index in [1.54, 1.807) is 0 Å². The second kappa shape index (κ2) is 6.51. The number of carbonyl (C=O) groups is 2. The fraction of sp³-hybridized carbons (Fsp3) is 0.556. The Kier molecular flexibility index (Phi) is 4.46. The second-order valence-electron chi connectivity index (χ2n) is 6.57. The van der Waals surface area contributed by atoms with Crippen molar-refractivity contribution in [3.63, 3.8) is 0 Å². The lowest BCUT2D eigenvalue weighted by Gasteiger charge is -2.32. The summed E-state index contributed by atoms with van der Waals surface area (Å²) in [7, 11) is 0. The Morgan fingerprint density at radius 2 is 1.77 bits per heavy atom. The van der Waals surface area contributed by atoms with Crippen molar-refractivity contribution in [2.75, 3.05) is 13.1 Å². The highest BCUT2D eigenvalue weighted by Gasteiger charge is 2.29. The van der Waals surface area contributed by atoms with Crippen LogP contribution < -0.4 is 0 Å². The van der Waals surface area contributed by atoms with E-state index in [4.69, 9.17) is 5.11 Å². The zero-order chi connectivity index (χ0) is 15.5. The van der Waals surface area contributed by atoms with Crippen LogP contribution in [0.1, 0.15) is 36.8 Å². The van der Waals surface area contributed by atoms with E-state index in [2.05, 4.69) is 24.3 Å². The largest absolute Gasteiger partial charge is 0.481 e. The molecular weight excluding hydrogens is 278 g/mol. The minimum absolute atomic E-state index is 0.202. The first kappa shape index (κ1) is 15.1. The summed E-state index contributed by atoms with van der Waals surface area (Å²) < 4.78 is 0. The number of hydrogen-bond acceptors (Lipinski definition) is 2. The van der Waals surface area contributed by atoms with Gasteiger partial charge in [-0.1, -0.05) is 24.3 Å². The predicted octanol–water partition coefficient (Wildman–Crippen LogP) is 2.50. The van der Waals surface area contributed by atoms with E-state index in [1.165, 1.54) is 11.1 Å². The maximum atomic E-state index is 12.4. The lowest BCUT2D eigenvalue weighted by molar-refractivity contribution is -0.146. The number of amides is 1. The molecular formula is C18H23NO3.